The standard InChI is InChI=1S/C19H23N3O4/c1-14(2)26-19-15(5-3-10-21-19)13-22-18(24)9-11-20-17(23)8-7-16-6-4-12-25-16/h3-8,10,12,14H,9,11,13H2,1-2H3,(H,20,23)(H,22,24)/b8-7+. The first-order chi connectivity index (χ1) is 12.5. The van der Waals surface area contributed by atoms with Crippen molar-refractivity contribution in [2.24, 2.45) is 0 Å². The summed E-state index contributed by atoms with van der Waals surface area (Å²) in [6.45, 7) is 4.40. The highest BCUT2D eigenvalue weighted by Crippen LogP contribution is 2.15. The maximum Gasteiger partial charge on any atom is 0.244 e. The molecule has 0 saturated carbocycles. The molecule has 2 heterocycles. The predicted molar refractivity (Wildman–Crippen MR) is 97.2 cm³/mol. The normalized spacial score (nSPS) is 10.9. The molecular weight excluding hydrogens is 334 g/mol. The number of hydrogen-bond donors (Lipinski definition) is 2. The summed E-state index contributed by atoms with van der Waals surface area (Å²) in [5.41, 5.74) is 0.806. The van der Waals surface area contributed by atoms with Gasteiger partial charge in [-0.1, -0.05) is 6.07 Å². The van der Waals surface area contributed by atoms with E-state index in [2.05, 4.69) is 15.6 Å². The Kier molecular flexibility index (Phi) is 7.42. The second-order valence-corrected chi connectivity index (χ2v) is 5.80. The van der Waals surface area contributed by atoms with Crippen molar-refractivity contribution in [3.63, 3.8) is 0 Å². The lowest BCUT2D eigenvalue weighted by Gasteiger charge is -2.13. The Bertz CT molecular complexity index is 739. The van der Waals surface area contributed by atoms with Crippen LogP contribution in [0.2, 0.25) is 0 Å². The van der Waals surface area contributed by atoms with Gasteiger partial charge in [0, 0.05) is 37.3 Å². The zero-order valence-corrected chi connectivity index (χ0v) is 14.9. The molecule has 0 aliphatic rings. The maximum atomic E-state index is 11.9. The maximum absolute atomic E-state index is 11.9. The van der Waals surface area contributed by atoms with Crippen LogP contribution in [-0.4, -0.2) is 29.4 Å². The van der Waals surface area contributed by atoms with Gasteiger partial charge in [-0.2, -0.15) is 0 Å². The average molecular weight is 357 g/mol. The Labute approximate surface area is 152 Å². The second kappa shape index (κ2) is 10.0. The number of carbonyl (C=O) groups excluding carboxylic acids is 2. The van der Waals surface area contributed by atoms with E-state index in [0.29, 0.717) is 18.2 Å². The molecule has 2 amide bonds. The van der Waals surface area contributed by atoms with Crippen molar-refractivity contribution < 1.29 is 18.7 Å². The summed E-state index contributed by atoms with van der Waals surface area (Å²) >= 11 is 0. The molecule has 0 aliphatic carbocycles. The molecule has 0 aromatic carbocycles. The fourth-order valence-electron chi connectivity index (χ4n) is 2.07. The molecule has 2 aromatic heterocycles. The predicted octanol–water partition coefficient (Wildman–Crippen LogP) is 2.30. The van der Waals surface area contributed by atoms with E-state index in [1.807, 2.05) is 19.9 Å². The van der Waals surface area contributed by atoms with Crippen molar-refractivity contribution in [1.82, 2.24) is 15.6 Å². The lowest BCUT2D eigenvalue weighted by Crippen LogP contribution is -2.29. The highest BCUT2D eigenvalue weighted by molar-refractivity contribution is 5.91. The summed E-state index contributed by atoms with van der Waals surface area (Å²) in [6, 6.07) is 7.13. The van der Waals surface area contributed by atoms with Gasteiger partial charge in [0.15, 0.2) is 0 Å². The first-order valence-corrected chi connectivity index (χ1v) is 8.41. The molecule has 0 radical (unpaired) electrons. The number of hydrogen-bond acceptors (Lipinski definition) is 5. The number of ether oxygens (including phenoxy) is 1. The van der Waals surface area contributed by atoms with Gasteiger partial charge in [-0.25, -0.2) is 4.98 Å². The number of amides is 2. The van der Waals surface area contributed by atoms with Crippen LogP contribution in [0.1, 0.15) is 31.6 Å². The van der Waals surface area contributed by atoms with E-state index in [9.17, 15) is 9.59 Å². The Morgan fingerprint density at radius 2 is 2.12 bits per heavy atom. The first-order valence-electron chi connectivity index (χ1n) is 8.41. The summed E-state index contributed by atoms with van der Waals surface area (Å²) in [4.78, 5) is 27.7. The molecule has 7 nitrogen and oxygen atoms in total. The Hall–Kier alpha value is -3.09. The van der Waals surface area contributed by atoms with Crippen LogP contribution in [-0.2, 0) is 16.1 Å². The highest BCUT2D eigenvalue weighted by atomic mass is 16.5. The summed E-state index contributed by atoms with van der Waals surface area (Å²) in [7, 11) is 0. The van der Waals surface area contributed by atoms with Gasteiger partial charge in [-0.15, -0.1) is 0 Å². The first kappa shape index (κ1) is 19.2. The van der Waals surface area contributed by atoms with Crippen molar-refractivity contribution in [2.75, 3.05) is 6.54 Å². The second-order valence-electron chi connectivity index (χ2n) is 5.80. The lowest BCUT2D eigenvalue weighted by atomic mass is 10.2. The third-order valence-corrected chi connectivity index (χ3v) is 3.27. The third kappa shape index (κ3) is 6.80. The molecule has 0 fully saturated rings. The van der Waals surface area contributed by atoms with Gasteiger partial charge in [0.2, 0.25) is 17.7 Å². The fraction of sp³-hybridized carbons (Fsp3) is 0.316. The average Bonchev–Trinajstić information content (AvgIpc) is 3.12. The van der Waals surface area contributed by atoms with Crippen LogP contribution < -0.4 is 15.4 Å². The van der Waals surface area contributed by atoms with Crippen molar-refractivity contribution in [3.05, 3.63) is 54.1 Å². The van der Waals surface area contributed by atoms with Crippen LogP contribution in [0.15, 0.2) is 47.2 Å². The molecule has 0 atom stereocenters. The number of nitrogens with zero attached hydrogens (tertiary/aromatic N) is 1. The van der Waals surface area contributed by atoms with E-state index in [4.69, 9.17) is 9.15 Å². The van der Waals surface area contributed by atoms with E-state index in [1.165, 1.54) is 12.3 Å². The quantitative estimate of drug-likeness (QED) is 0.672. The summed E-state index contributed by atoms with van der Waals surface area (Å²) < 4.78 is 10.7. The van der Waals surface area contributed by atoms with Gasteiger partial charge in [0.25, 0.3) is 0 Å². The Morgan fingerprint density at radius 1 is 1.27 bits per heavy atom. The zero-order valence-electron chi connectivity index (χ0n) is 14.9. The van der Waals surface area contributed by atoms with Gasteiger partial charge >= 0.3 is 0 Å². The molecular formula is C19H23N3O4. The van der Waals surface area contributed by atoms with Crippen molar-refractivity contribution in [1.29, 1.82) is 0 Å². The van der Waals surface area contributed by atoms with Crippen LogP contribution in [0.4, 0.5) is 0 Å². The minimum Gasteiger partial charge on any atom is -0.475 e. The molecule has 26 heavy (non-hydrogen) atoms. The molecule has 138 valence electrons. The molecule has 0 unspecified atom stereocenters. The van der Waals surface area contributed by atoms with Crippen LogP contribution in [0, 0.1) is 0 Å². The molecule has 7 heteroatoms. The summed E-state index contributed by atoms with van der Waals surface area (Å²) in [5.74, 6) is 0.654. The molecule has 0 saturated heterocycles. The van der Waals surface area contributed by atoms with Crippen molar-refractivity contribution in [3.8, 4) is 5.88 Å². The van der Waals surface area contributed by atoms with Gasteiger partial charge in [-0.05, 0) is 38.1 Å². The van der Waals surface area contributed by atoms with Gasteiger partial charge in [0.1, 0.15) is 5.76 Å². The molecule has 0 bridgehead atoms. The number of carbonyl (C=O) groups is 2. The number of furan rings is 1. The molecule has 2 rings (SSSR count). The number of rotatable bonds is 9. The monoisotopic (exact) mass is 357 g/mol. The molecule has 2 N–H and O–H groups in total. The molecule has 2 aromatic rings. The lowest BCUT2D eigenvalue weighted by molar-refractivity contribution is -0.121. The third-order valence-electron chi connectivity index (χ3n) is 3.27. The fourth-order valence-corrected chi connectivity index (χ4v) is 2.07. The topological polar surface area (TPSA) is 93.5 Å². The van der Waals surface area contributed by atoms with Crippen LogP contribution in [0.25, 0.3) is 6.08 Å². The number of aromatic nitrogens is 1. The van der Waals surface area contributed by atoms with Crippen LogP contribution >= 0.6 is 0 Å². The van der Waals surface area contributed by atoms with Crippen LogP contribution in [0.3, 0.4) is 0 Å². The van der Waals surface area contributed by atoms with E-state index < -0.39 is 0 Å². The summed E-state index contributed by atoms with van der Waals surface area (Å²) in [5, 5.41) is 5.44. The summed E-state index contributed by atoms with van der Waals surface area (Å²) in [6.07, 6.45) is 6.29. The smallest absolute Gasteiger partial charge is 0.244 e. The van der Waals surface area contributed by atoms with E-state index in [-0.39, 0.29) is 30.9 Å². The highest BCUT2D eigenvalue weighted by Gasteiger charge is 2.08. The van der Waals surface area contributed by atoms with Gasteiger partial charge < -0.3 is 19.8 Å². The Balaban J connectivity index is 1.70. The van der Waals surface area contributed by atoms with Gasteiger partial charge in [0.05, 0.1) is 12.4 Å². The minimum absolute atomic E-state index is 0.00351. The number of pyridine rings is 1. The largest absolute Gasteiger partial charge is 0.475 e. The van der Waals surface area contributed by atoms with Gasteiger partial charge in [-0.3, -0.25) is 9.59 Å². The number of nitrogens with one attached hydrogen (secondary N) is 2. The zero-order chi connectivity index (χ0) is 18.8. The molecule has 0 aliphatic heterocycles. The van der Waals surface area contributed by atoms with Crippen LogP contribution in [0.5, 0.6) is 5.88 Å². The van der Waals surface area contributed by atoms with E-state index >= 15 is 0 Å². The van der Waals surface area contributed by atoms with E-state index in [0.717, 1.165) is 5.56 Å². The SMILES string of the molecule is CC(C)Oc1ncccc1CNC(=O)CCNC(=O)/C=C/c1ccco1. The molecule has 0 spiro atoms. The van der Waals surface area contributed by atoms with Crippen molar-refractivity contribution in [2.45, 2.75) is 32.9 Å². The van der Waals surface area contributed by atoms with Crippen molar-refractivity contribution >= 4 is 17.9 Å². The van der Waals surface area contributed by atoms with E-state index in [1.54, 1.807) is 30.5 Å². The minimum atomic E-state index is -0.283. The Morgan fingerprint density at radius 3 is 2.85 bits per heavy atom.